The fraction of sp³-hybridized carbons (Fsp3) is 0.188. The van der Waals surface area contributed by atoms with Crippen molar-refractivity contribution in [1.82, 2.24) is 0 Å². The lowest BCUT2D eigenvalue weighted by Crippen LogP contribution is -2.02. The average molecular weight is 354 g/mol. The van der Waals surface area contributed by atoms with Gasteiger partial charge in [0.15, 0.2) is 5.78 Å². The molecule has 0 aromatic heterocycles. The Morgan fingerprint density at radius 3 is 2.50 bits per heavy atom. The Balaban J connectivity index is 2.20. The molecule has 0 aliphatic heterocycles. The number of rotatable bonds is 5. The van der Waals surface area contributed by atoms with Gasteiger partial charge in [0.05, 0.1) is 11.6 Å². The molecule has 0 radical (unpaired) electrons. The summed E-state index contributed by atoms with van der Waals surface area (Å²) in [6, 6.07) is 12.4. The van der Waals surface area contributed by atoms with Gasteiger partial charge in [0, 0.05) is 15.6 Å². The quantitative estimate of drug-likeness (QED) is 0.697. The topological polar surface area (TPSA) is 26.3 Å². The first-order valence-electron chi connectivity index (χ1n) is 6.34. The molecule has 0 spiro atoms. The molecule has 104 valence electrons. The second-order valence-corrected chi connectivity index (χ2v) is 5.65. The van der Waals surface area contributed by atoms with E-state index in [1.807, 2.05) is 6.92 Å². The molecule has 0 atom stereocenters. The molecule has 0 saturated carbocycles. The molecule has 0 unspecified atom stereocenters. The highest BCUT2D eigenvalue weighted by Gasteiger charge is 2.13. The number of benzene rings is 2. The molecule has 2 aromatic rings. The van der Waals surface area contributed by atoms with Gasteiger partial charge >= 0.3 is 0 Å². The lowest BCUT2D eigenvalue weighted by Gasteiger charge is -2.07. The van der Waals surface area contributed by atoms with Gasteiger partial charge in [-0.1, -0.05) is 34.5 Å². The van der Waals surface area contributed by atoms with Crippen LogP contribution in [0.2, 0.25) is 5.02 Å². The van der Waals surface area contributed by atoms with Crippen molar-refractivity contribution >= 4 is 33.3 Å². The molecular formula is C16H14BrClO2. The summed E-state index contributed by atoms with van der Waals surface area (Å²) in [6.07, 6.45) is 0.954. The summed E-state index contributed by atoms with van der Waals surface area (Å²) < 4.78 is 6.34. The molecule has 0 aliphatic carbocycles. The predicted octanol–water partition coefficient (Wildman–Crippen LogP) is 5.12. The van der Waals surface area contributed by atoms with Crippen LogP contribution in [0.5, 0.6) is 5.75 Å². The first-order valence-corrected chi connectivity index (χ1v) is 7.51. The van der Waals surface area contributed by atoms with E-state index in [0.717, 1.165) is 16.6 Å². The highest BCUT2D eigenvalue weighted by atomic mass is 79.9. The van der Waals surface area contributed by atoms with E-state index in [0.29, 0.717) is 22.8 Å². The van der Waals surface area contributed by atoms with Crippen LogP contribution in [0.15, 0.2) is 46.9 Å². The molecule has 2 aromatic carbocycles. The highest BCUT2D eigenvalue weighted by Crippen LogP contribution is 2.24. The minimum Gasteiger partial charge on any atom is -0.494 e. The van der Waals surface area contributed by atoms with E-state index < -0.39 is 0 Å². The van der Waals surface area contributed by atoms with Crippen LogP contribution in [0.3, 0.4) is 0 Å². The standard InChI is InChI=1S/C16H14BrClO2/c1-2-9-20-13-6-3-11(4-7-13)16(19)14-8-5-12(17)10-15(14)18/h3-8,10H,2,9H2,1H3. The molecule has 4 heteroatoms. The smallest absolute Gasteiger partial charge is 0.194 e. The first kappa shape index (κ1) is 15.1. The maximum absolute atomic E-state index is 12.4. The molecule has 0 fully saturated rings. The van der Waals surface area contributed by atoms with Crippen LogP contribution < -0.4 is 4.74 Å². The van der Waals surface area contributed by atoms with Crippen LogP contribution in [-0.2, 0) is 0 Å². The summed E-state index contributed by atoms with van der Waals surface area (Å²) in [5.74, 6) is 0.676. The van der Waals surface area contributed by atoms with Gasteiger partial charge in [0.25, 0.3) is 0 Å². The predicted molar refractivity (Wildman–Crippen MR) is 84.8 cm³/mol. The first-order chi connectivity index (χ1) is 9.61. The minimum absolute atomic E-state index is 0.0930. The number of carbonyl (C=O) groups is 1. The Bertz CT molecular complexity index is 608. The monoisotopic (exact) mass is 352 g/mol. The van der Waals surface area contributed by atoms with Crippen LogP contribution in [0.25, 0.3) is 0 Å². The molecule has 0 N–H and O–H groups in total. The van der Waals surface area contributed by atoms with Crippen LogP contribution in [-0.4, -0.2) is 12.4 Å². The number of ketones is 1. The Morgan fingerprint density at radius 1 is 1.20 bits per heavy atom. The number of halogens is 2. The fourth-order valence-electron chi connectivity index (χ4n) is 1.75. The third-order valence-corrected chi connectivity index (χ3v) is 3.57. The number of hydrogen-bond acceptors (Lipinski definition) is 2. The SMILES string of the molecule is CCCOc1ccc(C(=O)c2ccc(Br)cc2Cl)cc1. The zero-order valence-corrected chi connectivity index (χ0v) is 13.4. The Hall–Kier alpha value is -1.32. The third-order valence-electron chi connectivity index (χ3n) is 2.77. The van der Waals surface area contributed by atoms with Crippen molar-refractivity contribution in [2.45, 2.75) is 13.3 Å². The minimum atomic E-state index is -0.0930. The largest absolute Gasteiger partial charge is 0.494 e. The molecule has 0 heterocycles. The second-order valence-electron chi connectivity index (χ2n) is 4.33. The van der Waals surface area contributed by atoms with Gasteiger partial charge in [-0.05, 0) is 48.9 Å². The normalized spacial score (nSPS) is 10.3. The molecule has 0 aliphatic rings. The average Bonchev–Trinajstić information content (AvgIpc) is 2.45. The zero-order chi connectivity index (χ0) is 14.5. The van der Waals surface area contributed by atoms with E-state index in [1.54, 1.807) is 42.5 Å². The zero-order valence-electron chi connectivity index (χ0n) is 11.0. The summed E-state index contributed by atoms with van der Waals surface area (Å²) in [5.41, 5.74) is 1.09. The highest BCUT2D eigenvalue weighted by molar-refractivity contribution is 9.10. The van der Waals surface area contributed by atoms with Gasteiger partial charge in [-0.3, -0.25) is 4.79 Å². The Kier molecular flexibility index (Phi) is 5.21. The maximum Gasteiger partial charge on any atom is 0.194 e. The summed E-state index contributed by atoms with van der Waals surface area (Å²) in [4.78, 5) is 12.4. The third kappa shape index (κ3) is 3.62. The lowest BCUT2D eigenvalue weighted by atomic mass is 10.0. The molecule has 0 saturated heterocycles. The van der Waals surface area contributed by atoms with Crippen LogP contribution in [0, 0.1) is 0 Å². The van der Waals surface area contributed by atoms with E-state index in [9.17, 15) is 4.79 Å². The van der Waals surface area contributed by atoms with Crippen molar-refractivity contribution in [2.24, 2.45) is 0 Å². The van der Waals surface area contributed by atoms with Crippen molar-refractivity contribution in [3.05, 3.63) is 63.1 Å². The van der Waals surface area contributed by atoms with Crippen LogP contribution in [0.1, 0.15) is 29.3 Å². The Morgan fingerprint density at radius 2 is 1.90 bits per heavy atom. The van der Waals surface area contributed by atoms with Gasteiger partial charge in [0.2, 0.25) is 0 Å². The number of hydrogen-bond donors (Lipinski definition) is 0. The molecule has 20 heavy (non-hydrogen) atoms. The van der Waals surface area contributed by atoms with Crippen molar-refractivity contribution in [1.29, 1.82) is 0 Å². The molecular weight excluding hydrogens is 340 g/mol. The number of ether oxygens (including phenoxy) is 1. The van der Waals surface area contributed by atoms with Crippen molar-refractivity contribution < 1.29 is 9.53 Å². The Labute approximate surface area is 131 Å². The second kappa shape index (κ2) is 6.91. The number of carbonyl (C=O) groups excluding carboxylic acids is 1. The van der Waals surface area contributed by atoms with Crippen molar-refractivity contribution in [2.75, 3.05) is 6.61 Å². The van der Waals surface area contributed by atoms with E-state index in [1.165, 1.54) is 0 Å². The molecule has 0 amide bonds. The van der Waals surface area contributed by atoms with E-state index >= 15 is 0 Å². The van der Waals surface area contributed by atoms with Gasteiger partial charge in [-0.15, -0.1) is 0 Å². The lowest BCUT2D eigenvalue weighted by molar-refractivity contribution is 0.103. The van der Waals surface area contributed by atoms with Gasteiger partial charge in [-0.25, -0.2) is 0 Å². The van der Waals surface area contributed by atoms with Gasteiger partial charge < -0.3 is 4.74 Å². The van der Waals surface area contributed by atoms with Crippen molar-refractivity contribution in [3.8, 4) is 5.75 Å². The van der Waals surface area contributed by atoms with Gasteiger partial charge in [0.1, 0.15) is 5.75 Å². The van der Waals surface area contributed by atoms with E-state index in [4.69, 9.17) is 16.3 Å². The summed E-state index contributed by atoms with van der Waals surface area (Å²) >= 11 is 9.42. The van der Waals surface area contributed by atoms with Crippen molar-refractivity contribution in [3.63, 3.8) is 0 Å². The molecule has 2 nitrogen and oxygen atoms in total. The summed E-state index contributed by atoms with van der Waals surface area (Å²) in [5, 5.41) is 0.440. The van der Waals surface area contributed by atoms with Crippen LogP contribution >= 0.6 is 27.5 Å². The maximum atomic E-state index is 12.4. The summed E-state index contributed by atoms with van der Waals surface area (Å²) in [7, 11) is 0. The van der Waals surface area contributed by atoms with E-state index in [-0.39, 0.29) is 5.78 Å². The van der Waals surface area contributed by atoms with Gasteiger partial charge in [-0.2, -0.15) is 0 Å². The molecule has 0 bridgehead atoms. The molecule has 2 rings (SSSR count). The fourth-order valence-corrected chi connectivity index (χ4v) is 2.51. The van der Waals surface area contributed by atoms with Crippen LogP contribution in [0.4, 0.5) is 0 Å². The summed E-state index contributed by atoms with van der Waals surface area (Å²) in [6.45, 7) is 2.72. The van der Waals surface area contributed by atoms with E-state index in [2.05, 4.69) is 15.9 Å².